The van der Waals surface area contributed by atoms with Gasteiger partial charge in [-0.05, 0) is 30.3 Å². The van der Waals surface area contributed by atoms with Gasteiger partial charge in [0.2, 0.25) is 0 Å². The predicted molar refractivity (Wildman–Crippen MR) is 93.2 cm³/mol. The highest BCUT2D eigenvalue weighted by Gasteiger charge is 2.20. The molecule has 0 saturated carbocycles. The Morgan fingerprint density at radius 2 is 1.70 bits per heavy atom. The average molecular weight is 326 g/mol. The standard InChI is InChI=1S/C17H16ClN5/c18-13-4-5-14-15(11-13)20-12-21-17(14)23-9-7-22(8-10-23)16-3-1-2-6-19-16/h1-6,11-12H,7-10H2. The Morgan fingerprint density at radius 1 is 0.870 bits per heavy atom. The van der Waals surface area contributed by atoms with Crippen molar-refractivity contribution < 1.29 is 0 Å². The molecular weight excluding hydrogens is 310 g/mol. The van der Waals surface area contributed by atoms with Gasteiger partial charge in [-0.25, -0.2) is 15.0 Å². The lowest BCUT2D eigenvalue weighted by atomic mass is 10.2. The van der Waals surface area contributed by atoms with Crippen molar-refractivity contribution in [2.45, 2.75) is 0 Å². The summed E-state index contributed by atoms with van der Waals surface area (Å²) in [6.07, 6.45) is 3.45. The van der Waals surface area contributed by atoms with Crippen LogP contribution in [0.4, 0.5) is 11.6 Å². The molecule has 3 aromatic rings. The number of rotatable bonds is 2. The zero-order valence-corrected chi connectivity index (χ0v) is 13.3. The second-order valence-electron chi connectivity index (χ2n) is 5.52. The van der Waals surface area contributed by atoms with Crippen molar-refractivity contribution in [3.05, 3.63) is 53.9 Å². The van der Waals surface area contributed by atoms with Crippen LogP contribution in [0, 0.1) is 0 Å². The zero-order valence-electron chi connectivity index (χ0n) is 12.6. The molecule has 1 aliphatic heterocycles. The highest BCUT2D eigenvalue weighted by Crippen LogP contribution is 2.26. The van der Waals surface area contributed by atoms with Crippen LogP contribution in [-0.4, -0.2) is 41.1 Å². The molecular formula is C17H16ClN5. The van der Waals surface area contributed by atoms with E-state index in [2.05, 4.69) is 30.8 Å². The van der Waals surface area contributed by atoms with Crippen molar-refractivity contribution >= 4 is 34.1 Å². The molecule has 6 heteroatoms. The summed E-state index contributed by atoms with van der Waals surface area (Å²) in [4.78, 5) is 17.8. The van der Waals surface area contributed by atoms with Crippen LogP contribution in [0.5, 0.6) is 0 Å². The van der Waals surface area contributed by atoms with E-state index in [1.165, 1.54) is 0 Å². The molecule has 0 spiro atoms. The molecule has 0 atom stereocenters. The Kier molecular flexibility index (Phi) is 3.71. The maximum Gasteiger partial charge on any atom is 0.140 e. The quantitative estimate of drug-likeness (QED) is 0.724. The Morgan fingerprint density at radius 3 is 2.48 bits per heavy atom. The molecule has 23 heavy (non-hydrogen) atoms. The number of aromatic nitrogens is 3. The van der Waals surface area contributed by atoms with E-state index >= 15 is 0 Å². The number of hydrogen-bond donors (Lipinski definition) is 0. The van der Waals surface area contributed by atoms with Crippen LogP contribution >= 0.6 is 11.6 Å². The first-order valence-corrected chi connectivity index (χ1v) is 8.00. The Labute approximate surface area is 139 Å². The number of anilines is 2. The van der Waals surface area contributed by atoms with Crippen LogP contribution in [0.15, 0.2) is 48.9 Å². The number of piperazine rings is 1. The van der Waals surface area contributed by atoms with Crippen molar-refractivity contribution in [3.63, 3.8) is 0 Å². The highest BCUT2D eigenvalue weighted by atomic mass is 35.5. The second kappa shape index (κ2) is 6.01. The Balaban J connectivity index is 1.57. The van der Waals surface area contributed by atoms with Gasteiger partial charge in [-0.1, -0.05) is 17.7 Å². The normalized spacial score (nSPS) is 15.2. The molecule has 3 heterocycles. The van der Waals surface area contributed by atoms with E-state index in [0.29, 0.717) is 5.02 Å². The molecule has 0 unspecified atom stereocenters. The summed E-state index contributed by atoms with van der Waals surface area (Å²) in [6.45, 7) is 3.67. The lowest BCUT2D eigenvalue weighted by Gasteiger charge is -2.36. The summed E-state index contributed by atoms with van der Waals surface area (Å²) < 4.78 is 0. The van der Waals surface area contributed by atoms with E-state index in [1.54, 1.807) is 6.33 Å². The van der Waals surface area contributed by atoms with Crippen LogP contribution in [0.1, 0.15) is 0 Å². The van der Waals surface area contributed by atoms with Crippen molar-refractivity contribution in [2.75, 3.05) is 36.0 Å². The first-order chi connectivity index (χ1) is 11.3. The van der Waals surface area contributed by atoms with Crippen molar-refractivity contribution in [2.24, 2.45) is 0 Å². The third kappa shape index (κ3) is 2.80. The summed E-state index contributed by atoms with van der Waals surface area (Å²) >= 11 is 6.06. The van der Waals surface area contributed by atoms with Gasteiger partial charge >= 0.3 is 0 Å². The van der Waals surface area contributed by atoms with Crippen LogP contribution in [0.2, 0.25) is 5.02 Å². The number of fused-ring (bicyclic) bond motifs is 1. The fourth-order valence-electron chi connectivity index (χ4n) is 2.96. The number of pyridine rings is 1. The lowest BCUT2D eigenvalue weighted by molar-refractivity contribution is 0.643. The summed E-state index contributed by atoms with van der Waals surface area (Å²) in [7, 11) is 0. The van der Waals surface area contributed by atoms with Crippen molar-refractivity contribution in [1.29, 1.82) is 0 Å². The molecule has 0 amide bonds. The van der Waals surface area contributed by atoms with Gasteiger partial charge in [0.1, 0.15) is 18.0 Å². The van der Waals surface area contributed by atoms with Gasteiger partial charge in [-0.2, -0.15) is 0 Å². The van der Waals surface area contributed by atoms with Crippen LogP contribution < -0.4 is 9.80 Å². The molecule has 0 radical (unpaired) electrons. The topological polar surface area (TPSA) is 45.2 Å². The van der Waals surface area contributed by atoms with Gasteiger partial charge in [0.05, 0.1) is 5.52 Å². The van der Waals surface area contributed by atoms with E-state index in [0.717, 1.165) is 48.7 Å². The molecule has 4 rings (SSSR count). The number of hydrogen-bond acceptors (Lipinski definition) is 5. The zero-order chi connectivity index (χ0) is 15.6. The predicted octanol–water partition coefficient (Wildman–Crippen LogP) is 3.00. The first kappa shape index (κ1) is 14.2. The van der Waals surface area contributed by atoms with E-state index in [1.807, 2.05) is 36.5 Å². The van der Waals surface area contributed by atoms with Crippen molar-refractivity contribution in [1.82, 2.24) is 15.0 Å². The molecule has 0 N–H and O–H groups in total. The molecule has 1 aromatic carbocycles. The minimum atomic E-state index is 0.696. The summed E-state index contributed by atoms with van der Waals surface area (Å²) in [5.41, 5.74) is 0.884. The van der Waals surface area contributed by atoms with Gasteiger partial charge in [-0.3, -0.25) is 0 Å². The van der Waals surface area contributed by atoms with Crippen molar-refractivity contribution in [3.8, 4) is 0 Å². The Bertz CT molecular complexity index is 816. The minimum absolute atomic E-state index is 0.696. The summed E-state index contributed by atoms with van der Waals surface area (Å²) in [6, 6.07) is 11.8. The number of benzene rings is 1. The summed E-state index contributed by atoms with van der Waals surface area (Å²) in [5.74, 6) is 2.01. The van der Waals surface area contributed by atoms with E-state index in [9.17, 15) is 0 Å². The van der Waals surface area contributed by atoms with E-state index < -0.39 is 0 Å². The third-order valence-electron chi connectivity index (χ3n) is 4.13. The monoisotopic (exact) mass is 325 g/mol. The third-order valence-corrected chi connectivity index (χ3v) is 4.37. The lowest BCUT2D eigenvalue weighted by Crippen LogP contribution is -2.47. The molecule has 1 saturated heterocycles. The van der Waals surface area contributed by atoms with Crippen LogP contribution in [-0.2, 0) is 0 Å². The van der Waals surface area contributed by atoms with Gasteiger partial charge in [0.25, 0.3) is 0 Å². The van der Waals surface area contributed by atoms with E-state index in [-0.39, 0.29) is 0 Å². The van der Waals surface area contributed by atoms with Crippen LogP contribution in [0.3, 0.4) is 0 Å². The van der Waals surface area contributed by atoms with Gasteiger partial charge in [0.15, 0.2) is 0 Å². The largest absolute Gasteiger partial charge is 0.353 e. The molecule has 5 nitrogen and oxygen atoms in total. The fraction of sp³-hybridized carbons (Fsp3) is 0.235. The maximum absolute atomic E-state index is 6.06. The van der Waals surface area contributed by atoms with Gasteiger partial charge < -0.3 is 9.80 Å². The minimum Gasteiger partial charge on any atom is -0.353 e. The molecule has 0 bridgehead atoms. The molecule has 1 fully saturated rings. The number of halogens is 1. The molecule has 2 aromatic heterocycles. The van der Waals surface area contributed by atoms with Crippen LogP contribution in [0.25, 0.3) is 10.9 Å². The molecule has 0 aliphatic carbocycles. The number of nitrogens with zero attached hydrogens (tertiary/aromatic N) is 5. The maximum atomic E-state index is 6.06. The van der Waals surface area contributed by atoms with Gasteiger partial charge in [-0.15, -0.1) is 0 Å². The average Bonchev–Trinajstić information content (AvgIpc) is 2.62. The Hall–Kier alpha value is -2.40. The van der Waals surface area contributed by atoms with Gasteiger partial charge in [0, 0.05) is 42.8 Å². The highest BCUT2D eigenvalue weighted by molar-refractivity contribution is 6.31. The molecule has 1 aliphatic rings. The SMILES string of the molecule is Clc1ccc2c(N3CCN(c4ccccn4)CC3)ncnc2c1. The van der Waals surface area contributed by atoms with E-state index in [4.69, 9.17) is 11.6 Å². The second-order valence-corrected chi connectivity index (χ2v) is 5.96. The fourth-order valence-corrected chi connectivity index (χ4v) is 3.12. The molecule has 116 valence electrons. The smallest absolute Gasteiger partial charge is 0.140 e. The first-order valence-electron chi connectivity index (χ1n) is 7.62. The summed E-state index contributed by atoms with van der Waals surface area (Å²) in [5, 5.41) is 1.74.